The van der Waals surface area contributed by atoms with Gasteiger partial charge in [-0.2, -0.15) is 0 Å². The second-order valence-corrected chi connectivity index (χ2v) is 5.74. The third kappa shape index (κ3) is 4.16. The fraction of sp³-hybridized carbons (Fsp3) is 0.533. The van der Waals surface area contributed by atoms with Gasteiger partial charge in [0.05, 0.1) is 11.3 Å². The summed E-state index contributed by atoms with van der Waals surface area (Å²) < 4.78 is 0. The summed E-state index contributed by atoms with van der Waals surface area (Å²) in [6.07, 6.45) is 0. The average molecular weight is 264 g/mol. The lowest BCUT2D eigenvalue weighted by Crippen LogP contribution is -2.37. The SMILES string of the molecule is CC(C)CN(CC(C)C)C(=O)c1cccc(N)c1O. The lowest BCUT2D eigenvalue weighted by atomic mass is 10.1. The second kappa shape index (κ2) is 6.45. The highest BCUT2D eigenvalue weighted by Crippen LogP contribution is 2.26. The van der Waals surface area contributed by atoms with Crippen LogP contribution < -0.4 is 5.73 Å². The molecule has 0 aromatic heterocycles. The van der Waals surface area contributed by atoms with Gasteiger partial charge in [-0.15, -0.1) is 0 Å². The Balaban J connectivity index is 3.01. The topological polar surface area (TPSA) is 66.6 Å². The number of rotatable bonds is 5. The Morgan fingerprint density at radius 3 is 2.21 bits per heavy atom. The Labute approximate surface area is 115 Å². The first-order valence-electron chi connectivity index (χ1n) is 6.69. The van der Waals surface area contributed by atoms with Gasteiger partial charge in [0.15, 0.2) is 5.75 Å². The Kier molecular flexibility index (Phi) is 5.21. The third-order valence-corrected chi connectivity index (χ3v) is 2.76. The zero-order chi connectivity index (χ0) is 14.6. The van der Waals surface area contributed by atoms with Crippen molar-refractivity contribution in [2.45, 2.75) is 27.7 Å². The van der Waals surface area contributed by atoms with Crippen molar-refractivity contribution in [2.24, 2.45) is 11.8 Å². The highest BCUT2D eigenvalue weighted by atomic mass is 16.3. The molecule has 1 aromatic rings. The van der Waals surface area contributed by atoms with Crippen LogP contribution in [-0.2, 0) is 0 Å². The van der Waals surface area contributed by atoms with Crippen LogP contribution in [-0.4, -0.2) is 29.0 Å². The standard InChI is InChI=1S/C15H24N2O2/c1-10(2)8-17(9-11(3)4)15(19)12-6-5-7-13(16)14(12)18/h5-7,10-11,18H,8-9,16H2,1-4H3. The molecule has 106 valence electrons. The van der Waals surface area contributed by atoms with E-state index >= 15 is 0 Å². The van der Waals surface area contributed by atoms with E-state index in [9.17, 15) is 9.90 Å². The number of aromatic hydroxyl groups is 1. The summed E-state index contributed by atoms with van der Waals surface area (Å²) >= 11 is 0. The van der Waals surface area contributed by atoms with E-state index < -0.39 is 0 Å². The lowest BCUT2D eigenvalue weighted by molar-refractivity contribution is 0.0712. The van der Waals surface area contributed by atoms with Gasteiger partial charge in [0, 0.05) is 13.1 Å². The van der Waals surface area contributed by atoms with Crippen LogP contribution in [0.3, 0.4) is 0 Å². The number of nitrogen functional groups attached to an aromatic ring is 1. The summed E-state index contributed by atoms with van der Waals surface area (Å²) in [6.45, 7) is 9.62. The number of hydrogen-bond acceptors (Lipinski definition) is 3. The van der Waals surface area contributed by atoms with E-state index in [4.69, 9.17) is 5.73 Å². The number of phenolic OH excluding ortho intramolecular Hbond substituents is 1. The zero-order valence-corrected chi connectivity index (χ0v) is 12.2. The van der Waals surface area contributed by atoms with Crippen LogP contribution in [0.5, 0.6) is 5.75 Å². The summed E-state index contributed by atoms with van der Waals surface area (Å²) in [5.41, 5.74) is 6.16. The summed E-state index contributed by atoms with van der Waals surface area (Å²) in [4.78, 5) is 14.3. The van der Waals surface area contributed by atoms with Crippen LogP contribution >= 0.6 is 0 Å². The number of carbonyl (C=O) groups is 1. The summed E-state index contributed by atoms with van der Waals surface area (Å²) in [7, 11) is 0. The van der Waals surface area contributed by atoms with Crippen molar-refractivity contribution < 1.29 is 9.90 Å². The summed E-state index contributed by atoms with van der Waals surface area (Å²) in [6, 6.07) is 4.88. The maximum Gasteiger partial charge on any atom is 0.257 e. The first kappa shape index (κ1) is 15.3. The van der Waals surface area contributed by atoms with Gasteiger partial charge in [0.25, 0.3) is 5.91 Å². The Hall–Kier alpha value is -1.71. The fourth-order valence-corrected chi connectivity index (χ4v) is 2.03. The molecule has 1 rings (SSSR count). The normalized spacial score (nSPS) is 11.1. The van der Waals surface area contributed by atoms with Crippen molar-refractivity contribution >= 4 is 11.6 Å². The average Bonchev–Trinajstić information content (AvgIpc) is 2.30. The molecule has 0 aliphatic carbocycles. The number of para-hydroxylation sites is 1. The van der Waals surface area contributed by atoms with Crippen LogP contribution in [0.1, 0.15) is 38.1 Å². The van der Waals surface area contributed by atoms with Gasteiger partial charge in [-0.25, -0.2) is 0 Å². The predicted molar refractivity (Wildman–Crippen MR) is 78.1 cm³/mol. The number of nitrogens with zero attached hydrogens (tertiary/aromatic N) is 1. The minimum absolute atomic E-state index is 0.120. The molecule has 1 amide bonds. The first-order chi connectivity index (χ1) is 8.82. The van der Waals surface area contributed by atoms with Gasteiger partial charge in [-0.05, 0) is 24.0 Å². The highest BCUT2D eigenvalue weighted by molar-refractivity contribution is 5.98. The van der Waals surface area contributed by atoms with Crippen molar-refractivity contribution in [3.63, 3.8) is 0 Å². The van der Waals surface area contributed by atoms with Gasteiger partial charge in [-0.1, -0.05) is 33.8 Å². The van der Waals surface area contributed by atoms with Crippen LogP contribution in [0, 0.1) is 11.8 Å². The Morgan fingerprint density at radius 2 is 1.74 bits per heavy atom. The molecule has 19 heavy (non-hydrogen) atoms. The molecule has 0 fully saturated rings. The molecular formula is C15H24N2O2. The van der Waals surface area contributed by atoms with Crippen molar-refractivity contribution in [3.05, 3.63) is 23.8 Å². The van der Waals surface area contributed by atoms with Crippen LogP contribution in [0.2, 0.25) is 0 Å². The minimum Gasteiger partial charge on any atom is -0.505 e. The largest absolute Gasteiger partial charge is 0.505 e. The van der Waals surface area contributed by atoms with E-state index in [1.165, 1.54) is 0 Å². The van der Waals surface area contributed by atoms with Crippen LogP contribution in [0.15, 0.2) is 18.2 Å². The van der Waals surface area contributed by atoms with Crippen molar-refractivity contribution in [2.75, 3.05) is 18.8 Å². The van der Waals surface area contributed by atoms with E-state index in [2.05, 4.69) is 27.7 Å². The molecule has 0 saturated heterocycles. The molecule has 4 heteroatoms. The molecule has 0 atom stereocenters. The van der Waals surface area contributed by atoms with Gasteiger partial charge in [0.2, 0.25) is 0 Å². The van der Waals surface area contributed by atoms with Gasteiger partial charge < -0.3 is 15.7 Å². The maximum atomic E-state index is 12.5. The van der Waals surface area contributed by atoms with E-state index in [1.54, 1.807) is 23.1 Å². The summed E-state index contributed by atoms with van der Waals surface area (Å²) in [5, 5.41) is 9.91. The van der Waals surface area contributed by atoms with Crippen molar-refractivity contribution in [3.8, 4) is 5.75 Å². The number of amides is 1. The fourth-order valence-electron chi connectivity index (χ4n) is 2.03. The highest BCUT2D eigenvalue weighted by Gasteiger charge is 2.21. The van der Waals surface area contributed by atoms with E-state index in [0.717, 1.165) is 0 Å². The lowest BCUT2D eigenvalue weighted by Gasteiger charge is -2.26. The molecule has 0 aliphatic heterocycles. The molecule has 4 nitrogen and oxygen atoms in total. The van der Waals surface area contributed by atoms with E-state index in [0.29, 0.717) is 24.9 Å². The number of anilines is 1. The smallest absolute Gasteiger partial charge is 0.257 e. The Bertz CT molecular complexity index is 432. The number of benzene rings is 1. The number of carbonyl (C=O) groups excluding carboxylic acids is 1. The molecule has 0 heterocycles. The summed E-state index contributed by atoms with van der Waals surface area (Å²) in [5.74, 6) is 0.481. The molecule has 1 aromatic carbocycles. The van der Waals surface area contributed by atoms with Gasteiger partial charge in [0.1, 0.15) is 0 Å². The minimum atomic E-state index is -0.160. The van der Waals surface area contributed by atoms with E-state index in [-0.39, 0.29) is 22.9 Å². The molecule has 0 aliphatic rings. The second-order valence-electron chi connectivity index (χ2n) is 5.74. The van der Waals surface area contributed by atoms with E-state index in [1.807, 2.05) is 0 Å². The number of phenols is 1. The van der Waals surface area contributed by atoms with Crippen molar-refractivity contribution in [1.82, 2.24) is 4.90 Å². The Morgan fingerprint density at radius 1 is 1.21 bits per heavy atom. The molecule has 0 bridgehead atoms. The molecule has 0 unspecified atom stereocenters. The van der Waals surface area contributed by atoms with Crippen LogP contribution in [0.25, 0.3) is 0 Å². The maximum absolute atomic E-state index is 12.5. The van der Waals surface area contributed by atoms with Gasteiger partial charge >= 0.3 is 0 Å². The van der Waals surface area contributed by atoms with Crippen LogP contribution in [0.4, 0.5) is 5.69 Å². The van der Waals surface area contributed by atoms with Crippen molar-refractivity contribution in [1.29, 1.82) is 0 Å². The molecule has 0 saturated carbocycles. The number of nitrogens with two attached hydrogens (primary N) is 1. The molecule has 0 spiro atoms. The quantitative estimate of drug-likeness (QED) is 0.634. The zero-order valence-electron chi connectivity index (χ0n) is 12.2. The predicted octanol–water partition coefficient (Wildman–Crippen LogP) is 2.73. The molecule has 0 radical (unpaired) electrons. The first-order valence-corrected chi connectivity index (χ1v) is 6.69. The number of hydrogen-bond donors (Lipinski definition) is 2. The monoisotopic (exact) mass is 264 g/mol. The molecular weight excluding hydrogens is 240 g/mol. The third-order valence-electron chi connectivity index (χ3n) is 2.76. The molecule has 3 N–H and O–H groups in total. The van der Waals surface area contributed by atoms with Gasteiger partial charge in [-0.3, -0.25) is 4.79 Å².